The Morgan fingerprint density at radius 3 is 1.36 bits per heavy atom. The lowest BCUT2D eigenvalue weighted by Crippen LogP contribution is -2.10. The normalized spacial score (nSPS) is 10.4. The van der Waals surface area contributed by atoms with Crippen molar-refractivity contribution < 1.29 is 9.47 Å². The number of hydrogen-bond acceptors (Lipinski definition) is 3. The smallest absolute Gasteiger partial charge is 0.119 e. The highest BCUT2D eigenvalue weighted by atomic mass is 79.9. The van der Waals surface area contributed by atoms with Crippen LogP contribution in [0.3, 0.4) is 0 Å². The van der Waals surface area contributed by atoms with Crippen LogP contribution >= 0.6 is 31.9 Å². The number of nitrogens with zero attached hydrogens (tertiary/aromatic N) is 1. The zero-order valence-electron chi connectivity index (χ0n) is 13.9. The third-order valence-corrected chi connectivity index (χ3v) is 4.68. The molecular weight excluding hydrogens is 446 g/mol. The Bertz CT molecular complexity index is 781. The lowest BCUT2D eigenvalue weighted by Gasteiger charge is -2.26. The van der Waals surface area contributed by atoms with E-state index in [0.717, 1.165) is 37.5 Å². The van der Waals surface area contributed by atoms with E-state index in [2.05, 4.69) is 48.9 Å². The number of rotatable bonds is 5. The molecule has 0 aliphatic carbocycles. The van der Waals surface area contributed by atoms with Gasteiger partial charge in [0.2, 0.25) is 0 Å². The molecule has 3 rings (SSSR count). The maximum atomic E-state index is 5.28. The van der Waals surface area contributed by atoms with E-state index >= 15 is 0 Å². The van der Waals surface area contributed by atoms with Crippen LogP contribution in [0.25, 0.3) is 0 Å². The summed E-state index contributed by atoms with van der Waals surface area (Å²) >= 11 is 7.15. The van der Waals surface area contributed by atoms with E-state index in [0.29, 0.717) is 0 Å². The van der Waals surface area contributed by atoms with Crippen molar-refractivity contribution >= 4 is 48.9 Å². The van der Waals surface area contributed by atoms with Crippen molar-refractivity contribution in [3.8, 4) is 11.5 Å². The van der Waals surface area contributed by atoms with E-state index in [1.165, 1.54) is 0 Å². The highest BCUT2D eigenvalue weighted by Crippen LogP contribution is 2.38. The van der Waals surface area contributed by atoms with Gasteiger partial charge in [0.1, 0.15) is 11.5 Å². The van der Waals surface area contributed by atoms with Crippen molar-refractivity contribution in [1.29, 1.82) is 0 Å². The molecule has 0 aliphatic rings. The summed E-state index contributed by atoms with van der Waals surface area (Å²) in [7, 11) is 3.34. The van der Waals surface area contributed by atoms with Gasteiger partial charge in [0.05, 0.1) is 14.2 Å². The maximum absolute atomic E-state index is 5.28. The predicted molar refractivity (Wildman–Crippen MR) is 110 cm³/mol. The molecule has 5 heteroatoms. The second kappa shape index (κ2) is 7.93. The number of halogens is 2. The SMILES string of the molecule is COc1ccc(N(c2ccc(OC)cc2)c2cc(Br)cc(Br)c2)cc1. The number of anilines is 3. The van der Waals surface area contributed by atoms with Crippen LogP contribution in [0.1, 0.15) is 0 Å². The van der Waals surface area contributed by atoms with Gasteiger partial charge in [0, 0.05) is 26.0 Å². The first-order valence-corrected chi connectivity index (χ1v) is 9.23. The lowest BCUT2D eigenvalue weighted by molar-refractivity contribution is 0.415. The first kappa shape index (κ1) is 17.8. The maximum Gasteiger partial charge on any atom is 0.119 e. The molecule has 0 aromatic heterocycles. The molecule has 0 unspecified atom stereocenters. The van der Waals surface area contributed by atoms with Crippen molar-refractivity contribution in [2.75, 3.05) is 19.1 Å². The van der Waals surface area contributed by atoms with Gasteiger partial charge in [0.25, 0.3) is 0 Å². The van der Waals surface area contributed by atoms with Crippen LogP contribution < -0.4 is 14.4 Å². The van der Waals surface area contributed by atoms with Gasteiger partial charge in [0.15, 0.2) is 0 Å². The average molecular weight is 463 g/mol. The lowest BCUT2D eigenvalue weighted by atomic mass is 10.2. The van der Waals surface area contributed by atoms with Crippen LogP contribution in [-0.4, -0.2) is 14.2 Å². The minimum Gasteiger partial charge on any atom is -0.497 e. The van der Waals surface area contributed by atoms with Crippen LogP contribution in [-0.2, 0) is 0 Å². The molecule has 0 aliphatic heterocycles. The van der Waals surface area contributed by atoms with Gasteiger partial charge < -0.3 is 14.4 Å². The molecule has 0 bridgehead atoms. The average Bonchev–Trinajstić information content (AvgIpc) is 2.62. The van der Waals surface area contributed by atoms with Gasteiger partial charge in [-0.25, -0.2) is 0 Å². The van der Waals surface area contributed by atoms with E-state index in [1.807, 2.05) is 54.6 Å². The summed E-state index contributed by atoms with van der Waals surface area (Å²) in [6, 6.07) is 22.2. The van der Waals surface area contributed by atoms with Crippen LogP contribution in [0.15, 0.2) is 75.7 Å². The molecule has 0 radical (unpaired) electrons. The predicted octanol–water partition coefficient (Wildman–Crippen LogP) is 6.70. The standard InChI is InChI=1S/C20H17Br2NO2/c1-24-19-7-3-16(4-8-19)23(17-5-9-20(25-2)10-6-17)18-12-14(21)11-15(22)13-18/h3-13H,1-2H3. The summed E-state index contributed by atoms with van der Waals surface area (Å²) in [6.45, 7) is 0. The highest BCUT2D eigenvalue weighted by molar-refractivity contribution is 9.11. The molecular formula is C20H17Br2NO2. The first-order chi connectivity index (χ1) is 12.1. The zero-order valence-corrected chi connectivity index (χ0v) is 17.0. The fourth-order valence-electron chi connectivity index (χ4n) is 2.58. The molecule has 25 heavy (non-hydrogen) atoms. The summed E-state index contributed by atoms with van der Waals surface area (Å²) in [6.07, 6.45) is 0. The van der Waals surface area contributed by atoms with Crippen LogP contribution in [0.2, 0.25) is 0 Å². The zero-order chi connectivity index (χ0) is 17.8. The number of benzene rings is 3. The topological polar surface area (TPSA) is 21.7 Å². The second-order valence-corrected chi connectivity index (χ2v) is 7.19. The van der Waals surface area contributed by atoms with E-state index in [9.17, 15) is 0 Å². The molecule has 3 nitrogen and oxygen atoms in total. The molecule has 128 valence electrons. The van der Waals surface area contributed by atoms with Crippen LogP contribution in [0, 0.1) is 0 Å². The fourth-order valence-corrected chi connectivity index (χ4v) is 3.85. The van der Waals surface area contributed by atoms with Gasteiger partial charge in [-0.15, -0.1) is 0 Å². The van der Waals surface area contributed by atoms with Crippen LogP contribution in [0.4, 0.5) is 17.1 Å². The number of methoxy groups -OCH3 is 2. The Kier molecular flexibility index (Phi) is 5.66. The third kappa shape index (κ3) is 4.17. The van der Waals surface area contributed by atoms with Crippen molar-refractivity contribution in [1.82, 2.24) is 0 Å². The molecule has 0 N–H and O–H groups in total. The molecule has 0 amide bonds. The highest BCUT2D eigenvalue weighted by Gasteiger charge is 2.14. The van der Waals surface area contributed by atoms with E-state index < -0.39 is 0 Å². The van der Waals surface area contributed by atoms with Gasteiger partial charge in [-0.1, -0.05) is 31.9 Å². The molecule has 0 saturated heterocycles. The van der Waals surface area contributed by atoms with Crippen molar-refractivity contribution in [2.45, 2.75) is 0 Å². The minimum atomic E-state index is 0.828. The molecule has 0 spiro atoms. The summed E-state index contributed by atoms with van der Waals surface area (Å²) in [4.78, 5) is 2.17. The Hall–Kier alpha value is -1.98. The molecule has 3 aromatic rings. The summed E-state index contributed by atoms with van der Waals surface area (Å²) in [5.41, 5.74) is 3.11. The second-order valence-electron chi connectivity index (χ2n) is 5.36. The van der Waals surface area contributed by atoms with Crippen LogP contribution in [0.5, 0.6) is 11.5 Å². The minimum absolute atomic E-state index is 0.828. The van der Waals surface area contributed by atoms with Crippen molar-refractivity contribution in [3.05, 3.63) is 75.7 Å². The summed E-state index contributed by atoms with van der Waals surface area (Å²) in [5, 5.41) is 0. The quantitative estimate of drug-likeness (QED) is 0.421. The Labute approximate surface area is 164 Å². The number of hydrogen-bond donors (Lipinski definition) is 0. The number of ether oxygens (including phenoxy) is 2. The van der Waals surface area contributed by atoms with E-state index in [1.54, 1.807) is 14.2 Å². The van der Waals surface area contributed by atoms with Crippen molar-refractivity contribution in [2.24, 2.45) is 0 Å². The van der Waals surface area contributed by atoms with Gasteiger partial charge in [-0.05, 0) is 66.7 Å². The molecule has 0 atom stereocenters. The molecule has 0 fully saturated rings. The Balaban J connectivity index is 2.11. The van der Waals surface area contributed by atoms with Gasteiger partial charge >= 0.3 is 0 Å². The van der Waals surface area contributed by atoms with E-state index in [-0.39, 0.29) is 0 Å². The third-order valence-electron chi connectivity index (χ3n) is 3.77. The Morgan fingerprint density at radius 1 is 0.600 bits per heavy atom. The Morgan fingerprint density at radius 2 is 1.00 bits per heavy atom. The molecule has 3 aromatic carbocycles. The van der Waals surface area contributed by atoms with Gasteiger partial charge in [-0.2, -0.15) is 0 Å². The van der Waals surface area contributed by atoms with Gasteiger partial charge in [-0.3, -0.25) is 0 Å². The summed E-state index contributed by atoms with van der Waals surface area (Å²) < 4.78 is 12.6. The molecule has 0 heterocycles. The van der Waals surface area contributed by atoms with E-state index in [4.69, 9.17) is 9.47 Å². The van der Waals surface area contributed by atoms with Crippen molar-refractivity contribution in [3.63, 3.8) is 0 Å². The summed E-state index contributed by atoms with van der Waals surface area (Å²) in [5.74, 6) is 1.66. The fraction of sp³-hybridized carbons (Fsp3) is 0.100. The molecule has 0 saturated carbocycles. The monoisotopic (exact) mass is 461 g/mol. The first-order valence-electron chi connectivity index (χ1n) is 7.65. The largest absolute Gasteiger partial charge is 0.497 e.